The fourth-order valence-corrected chi connectivity index (χ4v) is 6.98. The van der Waals surface area contributed by atoms with Crippen LogP contribution in [0.3, 0.4) is 0 Å². The Morgan fingerprint density at radius 2 is 1.21 bits per heavy atom. The second kappa shape index (κ2) is 19.2. The van der Waals surface area contributed by atoms with Crippen molar-refractivity contribution in [3.05, 3.63) is 143 Å². The number of hydrogen-bond acceptors (Lipinski definition) is 0. The van der Waals surface area contributed by atoms with Gasteiger partial charge in [0.25, 0.3) is 0 Å². The molecule has 0 nitrogen and oxygen atoms in total. The van der Waals surface area contributed by atoms with Gasteiger partial charge in [0.05, 0.1) is 0 Å². The first kappa shape index (κ1) is 42.3. The van der Waals surface area contributed by atoms with Crippen molar-refractivity contribution in [2.75, 3.05) is 0 Å². The van der Waals surface area contributed by atoms with Crippen molar-refractivity contribution in [1.82, 2.24) is 0 Å². The van der Waals surface area contributed by atoms with E-state index in [1.54, 1.807) is 0 Å². The van der Waals surface area contributed by atoms with E-state index in [9.17, 15) is 0 Å². The van der Waals surface area contributed by atoms with Crippen molar-refractivity contribution in [2.24, 2.45) is 0 Å². The Balaban J connectivity index is 0.000000205. The van der Waals surface area contributed by atoms with Gasteiger partial charge < -0.3 is 0 Å². The molecular weight excluding hydrogens is 767 g/mol. The molecule has 4 heteroatoms. The molecule has 0 heterocycles. The fourth-order valence-electron chi connectivity index (χ4n) is 6.98. The summed E-state index contributed by atoms with van der Waals surface area (Å²) >= 11 is -0.826. The van der Waals surface area contributed by atoms with Gasteiger partial charge in [0.1, 0.15) is 0 Å². The summed E-state index contributed by atoms with van der Waals surface area (Å²) in [5, 5.41) is 5.53. The second-order valence-electron chi connectivity index (χ2n) is 16.1. The minimum atomic E-state index is -0.826. The van der Waals surface area contributed by atoms with Crippen LogP contribution in [0.1, 0.15) is 94.5 Å². The molecule has 7 rings (SSSR count). The van der Waals surface area contributed by atoms with E-state index in [1.807, 2.05) is 0 Å². The zero-order chi connectivity index (χ0) is 38.1. The average molecular weight is 823 g/mol. The molecule has 0 aliphatic heterocycles. The number of aryl methyl sites for hydroxylation is 2. The molecule has 0 amide bonds. The molecular formula is C48H56Cl2SiZr. The first-order chi connectivity index (χ1) is 24.7. The second-order valence-corrected chi connectivity index (χ2v) is 20.8. The van der Waals surface area contributed by atoms with E-state index in [1.165, 1.54) is 90.9 Å². The summed E-state index contributed by atoms with van der Waals surface area (Å²) < 4.78 is 0. The van der Waals surface area contributed by atoms with Crippen LogP contribution in [0, 0.1) is 13.8 Å². The predicted octanol–water partition coefficient (Wildman–Crippen LogP) is 15.7. The van der Waals surface area contributed by atoms with Gasteiger partial charge in [-0.1, -0.05) is 152 Å². The Kier molecular flexibility index (Phi) is 15.6. The quantitative estimate of drug-likeness (QED) is 0.0948. The molecule has 0 spiro atoms. The number of fused-ring (bicyclic) bond motifs is 2. The van der Waals surface area contributed by atoms with Crippen molar-refractivity contribution in [3.63, 3.8) is 0 Å². The maximum atomic E-state index is 4.93. The van der Waals surface area contributed by atoms with Crippen LogP contribution in [0.15, 0.2) is 115 Å². The third-order valence-corrected chi connectivity index (χ3v) is 9.89. The monoisotopic (exact) mass is 820 g/mol. The van der Waals surface area contributed by atoms with Gasteiger partial charge in [-0.2, -0.15) is 12.1 Å². The SMILES string of the molecule is CC(C)(C)c1ccc(-c2cccc3[cH-]c(C4CC=CCC4)cc23)cc1.C[Si]C.Cc1cc2c(-c3ccc(C(C)(C)C)cc3)ccc(C)c2[cH-]1.[Cl][Zr+2][Cl]. The van der Waals surface area contributed by atoms with Crippen LogP contribution >= 0.6 is 17.0 Å². The summed E-state index contributed by atoms with van der Waals surface area (Å²) in [5.74, 6) is 0.688. The topological polar surface area (TPSA) is 0 Å². The Labute approximate surface area is 336 Å². The summed E-state index contributed by atoms with van der Waals surface area (Å²) in [4.78, 5) is 0. The zero-order valence-electron chi connectivity index (χ0n) is 32.9. The van der Waals surface area contributed by atoms with Gasteiger partial charge >= 0.3 is 37.9 Å². The number of halogens is 2. The first-order valence-corrected chi connectivity index (χ1v) is 26.8. The van der Waals surface area contributed by atoms with Crippen molar-refractivity contribution >= 4 is 48.1 Å². The van der Waals surface area contributed by atoms with Crippen LogP contribution in [0.4, 0.5) is 0 Å². The first-order valence-electron chi connectivity index (χ1n) is 18.5. The van der Waals surface area contributed by atoms with E-state index in [0.29, 0.717) is 5.92 Å². The number of allylic oxidation sites excluding steroid dienone is 2. The zero-order valence-corrected chi connectivity index (χ0v) is 37.9. The van der Waals surface area contributed by atoms with Crippen LogP contribution < -0.4 is 0 Å². The predicted molar refractivity (Wildman–Crippen MR) is 232 cm³/mol. The number of hydrogen-bond donors (Lipinski definition) is 0. The number of rotatable bonds is 3. The molecule has 0 saturated heterocycles. The molecule has 1 aliphatic carbocycles. The van der Waals surface area contributed by atoms with Crippen molar-refractivity contribution in [3.8, 4) is 22.3 Å². The molecule has 270 valence electrons. The van der Waals surface area contributed by atoms with Crippen molar-refractivity contribution < 1.29 is 20.8 Å². The van der Waals surface area contributed by atoms with E-state index in [4.69, 9.17) is 17.0 Å². The summed E-state index contributed by atoms with van der Waals surface area (Å²) in [6, 6.07) is 38.8. The normalized spacial score (nSPS) is 14.0. The average Bonchev–Trinajstić information content (AvgIpc) is 3.74. The fraction of sp³-hybridized carbons (Fsp3) is 0.333. The molecule has 6 aromatic rings. The molecule has 1 unspecified atom stereocenters. The summed E-state index contributed by atoms with van der Waals surface area (Å²) in [5.41, 5.74) is 12.7. The Morgan fingerprint density at radius 1 is 0.673 bits per heavy atom. The molecule has 0 fully saturated rings. The molecule has 0 saturated carbocycles. The molecule has 0 N–H and O–H groups in total. The van der Waals surface area contributed by atoms with Crippen molar-refractivity contribution in [1.29, 1.82) is 0 Å². The van der Waals surface area contributed by atoms with E-state index >= 15 is 0 Å². The molecule has 0 aromatic heterocycles. The van der Waals surface area contributed by atoms with Gasteiger partial charge in [-0.15, -0.1) is 68.6 Å². The van der Waals surface area contributed by atoms with Crippen LogP contribution in [0.5, 0.6) is 0 Å². The van der Waals surface area contributed by atoms with Gasteiger partial charge in [-0.25, -0.2) is 0 Å². The third-order valence-electron chi connectivity index (χ3n) is 9.89. The maximum absolute atomic E-state index is 4.93. The van der Waals surface area contributed by atoms with Gasteiger partial charge in [0.15, 0.2) is 0 Å². The molecule has 6 aromatic carbocycles. The van der Waals surface area contributed by atoms with Crippen LogP contribution in [-0.2, 0) is 31.7 Å². The summed E-state index contributed by atoms with van der Waals surface area (Å²) in [6.07, 6.45) is 8.35. The van der Waals surface area contributed by atoms with Crippen LogP contribution in [0.25, 0.3) is 43.8 Å². The molecule has 1 atom stereocenters. The minimum absolute atomic E-state index is 0.201. The van der Waals surface area contributed by atoms with Gasteiger partial charge in [-0.05, 0) is 58.3 Å². The third kappa shape index (κ3) is 11.0. The Morgan fingerprint density at radius 3 is 1.71 bits per heavy atom. The Bertz CT molecular complexity index is 2030. The van der Waals surface area contributed by atoms with E-state index in [0.717, 1.165) is 9.52 Å². The Hall–Kier alpha value is -2.48. The van der Waals surface area contributed by atoms with Gasteiger partial charge in [0, 0.05) is 9.52 Å². The summed E-state index contributed by atoms with van der Waals surface area (Å²) in [7, 11) is 11.0. The van der Waals surface area contributed by atoms with Crippen LogP contribution in [-0.4, -0.2) is 9.52 Å². The molecule has 52 heavy (non-hydrogen) atoms. The molecule has 0 bridgehead atoms. The number of benzene rings is 4. The van der Waals surface area contributed by atoms with E-state index < -0.39 is 20.8 Å². The van der Waals surface area contributed by atoms with Gasteiger partial charge in [-0.3, -0.25) is 0 Å². The molecule has 2 radical (unpaired) electrons. The van der Waals surface area contributed by atoms with Crippen molar-refractivity contribution in [2.45, 2.75) is 104 Å². The van der Waals surface area contributed by atoms with Gasteiger partial charge in [0.2, 0.25) is 0 Å². The van der Waals surface area contributed by atoms with E-state index in [-0.39, 0.29) is 10.8 Å². The molecule has 1 aliphatic rings. The standard InChI is InChI=1S/C25H27.C21H23.C2H6Si.2ClH.Zr/c1-25(2,3)22-14-12-19(13-15-22)23-11-7-10-20-16-21(17-24(20)23)18-8-5-4-6-9-18;1-14-12-19-15(2)6-11-18(20(19)13-14)16-7-9-17(10-8-16)21(3,4)5;1-3-2;;;/h4-5,7,10-18H,6,8-9H2,1-3H3;6-13H,1-5H3;1-2H3;2*1H;/q2*-1;;;;+4/p-2. The summed E-state index contributed by atoms with van der Waals surface area (Å²) in [6.45, 7) is 22.2. The van der Waals surface area contributed by atoms with E-state index in [2.05, 4.69) is 184 Å². The van der Waals surface area contributed by atoms with Crippen LogP contribution in [0.2, 0.25) is 13.1 Å².